The van der Waals surface area contributed by atoms with E-state index in [4.69, 9.17) is 4.74 Å². The van der Waals surface area contributed by atoms with E-state index in [2.05, 4.69) is 11.9 Å². The van der Waals surface area contributed by atoms with E-state index in [-0.39, 0.29) is 11.8 Å². The van der Waals surface area contributed by atoms with Gasteiger partial charge < -0.3 is 15.0 Å². The minimum Gasteiger partial charge on any atom is -0.497 e. The van der Waals surface area contributed by atoms with E-state index >= 15 is 0 Å². The van der Waals surface area contributed by atoms with Crippen molar-refractivity contribution in [1.29, 1.82) is 0 Å². The fourth-order valence-electron chi connectivity index (χ4n) is 3.12. The number of nitrogens with zero attached hydrogens (tertiary/aromatic N) is 1. The van der Waals surface area contributed by atoms with Gasteiger partial charge in [0.25, 0.3) is 0 Å². The number of fused-ring (bicyclic) bond motifs is 1. The summed E-state index contributed by atoms with van der Waals surface area (Å²) in [6, 6.07) is 11.0. The largest absolute Gasteiger partial charge is 0.497 e. The van der Waals surface area contributed by atoms with Gasteiger partial charge in [0.05, 0.1) is 7.11 Å². The molecule has 0 aliphatic carbocycles. The van der Waals surface area contributed by atoms with E-state index in [1.807, 2.05) is 36.4 Å². The summed E-state index contributed by atoms with van der Waals surface area (Å²) in [6.45, 7) is 4.10. The minimum atomic E-state index is -0.448. The van der Waals surface area contributed by atoms with Crippen LogP contribution in [0.5, 0.6) is 5.75 Å². The van der Waals surface area contributed by atoms with Crippen molar-refractivity contribution in [1.82, 2.24) is 4.90 Å². The summed E-state index contributed by atoms with van der Waals surface area (Å²) in [7, 11) is 1.61. The van der Waals surface area contributed by atoms with Crippen molar-refractivity contribution in [2.24, 2.45) is 0 Å². The van der Waals surface area contributed by atoms with Crippen LogP contribution in [0.3, 0.4) is 0 Å². The Hall–Kier alpha value is -2.82. The van der Waals surface area contributed by atoms with E-state index in [9.17, 15) is 9.59 Å². The zero-order chi connectivity index (χ0) is 17.1. The van der Waals surface area contributed by atoms with Crippen molar-refractivity contribution in [3.63, 3.8) is 0 Å². The fourth-order valence-corrected chi connectivity index (χ4v) is 3.12. The molecule has 1 N–H and O–H groups in total. The molecule has 1 heterocycles. The predicted octanol–water partition coefficient (Wildman–Crippen LogP) is 2.96. The van der Waals surface area contributed by atoms with Gasteiger partial charge >= 0.3 is 0 Å². The second kappa shape index (κ2) is 6.74. The van der Waals surface area contributed by atoms with Gasteiger partial charge in [0.2, 0.25) is 11.8 Å². The van der Waals surface area contributed by atoms with Gasteiger partial charge in [-0.15, -0.1) is 0 Å². The highest BCUT2D eigenvalue weighted by atomic mass is 16.5. The number of anilines is 1. The van der Waals surface area contributed by atoms with Crippen LogP contribution in [0.25, 0.3) is 10.8 Å². The summed E-state index contributed by atoms with van der Waals surface area (Å²) in [5.74, 6) is 0.360. The van der Waals surface area contributed by atoms with Gasteiger partial charge in [-0.3, -0.25) is 9.59 Å². The molecule has 5 heteroatoms. The van der Waals surface area contributed by atoms with Gasteiger partial charge in [0.1, 0.15) is 11.8 Å². The lowest BCUT2D eigenvalue weighted by molar-refractivity contribution is -0.132. The van der Waals surface area contributed by atoms with Gasteiger partial charge in [-0.2, -0.15) is 0 Å². The molecule has 2 aromatic rings. The summed E-state index contributed by atoms with van der Waals surface area (Å²) in [6.07, 6.45) is 2.74. The summed E-state index contributed by atoms with van der Waals surface area (Å²) < 4.78 is 5.27. The number of hydrogen-bond donors (Lipinski definition) is 1. The van der Waals surface area contributed by atoms with Crippen LogP contribution >= 0.6 is 0 Å². The van der Waals surface area contributed by atoms with E-state index in [0.717, 1.165) is 22.9 Å². The number of hydrogen-bond acceptors (Lipinski definition) is 3. The Labute approximate surface area is 140 Å². The van der Waals surface area contributed by atoms with Crippen molar-refractivity contribution >= 4 is 28.3 Å². The molecule has 0 bridgehead atoms. The summed E-state index contributed by atoms with van der Waals surface area (Å²) >= 11 is 0. The second-order valence-electron chi connectivity index (χ2n) is 5.78. The van der Waals surface area contributed by atoms with Gasteiger partial charge in [-0.25, -0.2) is 0 Å². The average Bonchev–Trinajstić information content (AvgIpc) is 3.10. The van der Waals surface area contributed by atoms with E-state index in [1.54, 1.807) is 12.0 Å². The third-order valence-electron chi connectivity index (χ3n) is 4.36. The monoisotopic (exact) mass is 324 g/mol. The van der Waals surface area contributed by atoms with Crippen LogP contribution in [-0.2, 0) is 9.59 Å². The quantitative estimate of drug-likeness (QED) is 0.880. The minimum absolute atomic E-state index is 0.169. The standard InChI is InChI=1S/C19H20N2O3/c1-3-18(22)21-11-5-8-17(21)19(23)20-16-7-4-6-13-9-10-14(24-2)12-15(13)16/h3-4,6-7,9-10,12,17H,1,5,8,11H2,2H3,(H,20,23). The Kier molecular flexibility index (Phi) is 4.51. The molecule has 0 radical (unpaired) electrons. The normalized spacial score (nSPS) is 16.9. The SMILES string of the molecule is C=CC(=O)N1CCCC1C(=O)Nc1cccc2ccc(OC)cc12. The third-order valence-corrected chi connectivity index (χ3v) is 4.36. The summed E-state index contributed by atoms with van der Waals surface area (Å²) in [5, 5.41) is 4.88. The maximum absolute atomic E-state index is 12.7. The topological polar surface area (TPSA) is 58.6 Å². The predicted molar refractivity (Wildman–Crippen MR) is 94.1 cm³/mol. The number of ether oxygens (including phenoxy) is 1. The Bertz CT molecular complexity index is 800. The van der Waals surface area contributed by atoms with Crippen LogP contribution in [0.15, 0.2) is 49.1 Å². The van der Waals surface area contributed by atoms with Crippen molar-refractivity contribution in [2.75, 3.05) is 19.0 Å². The number of carbonyl (C=O) groups is 2. The number of nitrogens with one attached hydrogen (secondary N) is 1. The van der Waals surface area contributed by atoms with Gasteiger partial charge in [0, 0.05) is 17.6 Å². The molecule has 5 nitrogen and oxygen atoms in total. The molecule has 1 saturated heterocycles. The first kappa shape index (κ1) is 16.1. The van der Waals surface area contributed by atoms with Crippen LogP contribution in [0.1, 0.15) is 12.8 Å². The maximum atomic E-state index is 12.7. The number of rotatable bonds is 4. The molecular formula is C19H20N2O3. The molecule has 2 aromatic carbocycles. The molecule has 0 aromatic heterocycles. The molecule has 24 heavy (non-hydrogen) atoms. The van der Waals surface area contributed by atoms with Crippen LogP contribution in [0.4, 0.5) is 5.69 Å². The van der Waals surface area contributed by atoms with Crippen LogP contribution < -0.4 is 10.1 Å². The number of methoxy groups -OCH3 is 1. The zero-order valence-electron chi connectivity index (χ0n) is 13.6. The lowest BCUT2D eigenvalue weighted by Crippen LogP contribution is -2.42. The number of benzene rings is 2. The molecule has 2 amide bonds. The second-order valence-corrected chi connectivity index (χ2v) is 5.78. The maximum Gasteiger partial charge on any atom is 0.247 e. The first-order chi connectivity index (χ1) is 11.6. The Morgan fingerprint density at radius 1 is 1.33 bits per heavy atom. The van der Waals surface area contributed by atoms with Gasteiger partial charge in [-0.1, -0.05) is 24.8 Å². The molecule has 1 aliphatic rings. The van der Waals surface area contributed by atoms with Crippen LogP contribution in [-0.4, -0.2) is 36.4 Å². The van der Waals surface area contributed by atoms with Crippen LogP contribution in [0, 0.1) is 0 Å². The van der Waals surface area contributed by atoms with E-state index < -0.39 is 6.04 Å². The van der Waals surface area contributed by atoms with Gasteiger partial charge in [-0.05, 0) is 42.5 Å². The van der Waals surface area contributed by atoms with Crippen molar-refractivity contribution < 1.29 is 14.3 Å². The molecular weight excluding hydrogens is 304 g/mol. The Morgan fingerprint density at radius 3 is 2.92 bits per heavy atom. The first-order valence-electron chi connectivity index (χ1n) is 7.94. The fraction of sp³-hybridized carbons (Fsp3) is 0.263. The molecule has 124 valence electrons. The smallest absolute Gasteiger partial charge is 0.247 e. The highest BCUT2D eigenvalue weighted by Crippen LogP contribution is 2.28. The molecule has 1 atom stereocenters. The summed E-state index contributed by atoms with van der Waals surface area (Å²) in [5.41, 5.74) is 0.717. The molecule has 0 saturated carbocycles. The van der Waals surface area contributed by atoms with Crippen molar-refractivity contribution in [3.8, 4) is 5.75 Å². The highest BCUT2D eigenvalue weighted by molar-refractivity contribution is 6.05. The molecule has 0 spiro atoms. The lowest BCUT2D eigenvalue weighted by atomic mass is 10.1. The highest BCUT2D eigenvalue weighted by Gasteiger charge is 2.33. The summed E-state index contributed by atoms with van der Waals surface area (Å²) in [4.78, 5) is 26.1. The van der Waals surface area contributed by atoms with Crippen molar-refractivity contribution in [2.45, 2.75) is 18.9 Å². The molecule has 1 unspecified atom stereocenters. The Morgan fingerprint density at radius 2 is 2.17 bits per heavy atom. The van der Waals surface area contributed by atoms with Gasteiger partial charge in [0.15, 0.2) is 0 Å². The molecule has 3 rings (SSSR count). The Balaban J connectivity index is 1.88. The number of amides is 2. The molecule has 1 fully saturated rings. The van der Waals surface area contributed by atoms with E-state index in [1.165, 1.54) is 6.08 Å². The third kappa shape index (κ3) is 2.97. The number of likely N-dealkylation sites (tertiary alicyclic amines) is 1. The zero-order valence-corrected chi connectivity index (χ0v) is 13.6. The first-order valence-corrected chi connectivity index (χ1v) is 7.94. The lowest BCUT2D eigenvalue weighted by Gasteiger charge is -2.23. The van der Waals surface area contributed by atoms with Crippen molar-refractivity contribution in [3.05, 3.63) is 49.1 Å². The van der Waals surface area contributed by atoms with Crippen LogP contribution in [0.2, 0.25) is 0 Å². The number of carbonyl (C=O) groups excluding carboxylic acids is 2. The molecule has 1 aliphatic heterocycles. The average molecular weight is 324 g/mol. The van der Waals surface area contributed by atoms with E-state index in [0.29, 0.717) is 18.7 Å².